The van der Waals surface area contributed by atoms with E-state index in [1.807, 2.05) is 60.7 Å². The molecule has 4 aromatic rings. The minimum absolute atomic E-state index is 0.123. The number of aliphatic carboxylic acids is 2. The quantitative estimate of drug-likeness (QED) is 0.0489. The second-order valence-electron chi connectivity index (χ2n) is 19.2. The molecule has 4 aliphatic heterocycles. The number of piperidine rings is 2. The first-order chi connectivity index (χ1) is 36.2. The lowest BCUT2D eigenvalue weighted by atomic mass is 9.93. The van der Waals surface area contributed by atoms with E-state index in [2.05, 4.69) is 20.4 Å². The highest BCUT2D eigenvalue weighted by Gasteiger charge is 2.31. The summed E-state index contributed by atoms with van der Waals surface area (Å²) >= 11 is 30.4. The third kappa shape index (κ3) is 13.6. The highest BCUT2D eigenvalue weighted by atomic mass is 35.5. The van der Waals surface area contributed by atoms with Crippen molar-refractivity contribution in [2.75, 3.05) is 75.2 Å². The van der Waals surface area contributed by atoms with Crippen molar-refractivity contribution in [1.29, 1.82) is 0 Å². The fourth-order valence-electron chi connectivity index (χ4n) is 10.3. The standard InChI is InChI=1S/C56H60Cl4N6O8S/c57-51-39(19-21-47(67)61-23-9-29-63-25-7-17-49(63)69)41(37-13-1-3-15-43(37)65-27-5-11-35(33-65)55(71)72)31-45(53(51)59)75-46-32-42(38-14-2-4-16-44(38)66-28-6-12-36(34-66)56(73)74)40(52(58)54(46)60)20-22-48(68)62-24-10-30-64-26-8-18-50(64)70/h1-4,13-16,19-22,31-32,35-36H,5-12,17-18,23-30,33-34H2,(H,61,67)(H,62,68)(H,71,72)(H,73,74)/b21-19+,22-20+. The Morgan fingerprint density at radius 1 is 0.573 bits per heavy atom. The molecule has 4 aliphatic rings. The number of benzene rings is 4. The summed E-state index contributed by atoms with van der Waals surface area (Å²) in [5.74, 6) is -3.35. The highest BCUT2D eigenvalue weighted by molar-refractivity contribution is 7.99. The Bertz CT molecular complexity index is 2710. The second kappa shape index (κ2) is 25.9. The number of hydrogen-bond acceptors (Lipinski definition) is 9. The molecule has 14 nitrogen and oxygen atoms in total. The molecule has 396 valence electrons. The average Bonchev–Trinajstić information content (AvgIpc) is 4.04. The van der Waals surface area contributed by atoms with Crippen molar-refractivity contribution < 1.29 is 39.0 Å². The molecule has 4 fully saturated rings. The number of carbonyl (C=O) groups excluding carboxylic acids is 4. The van der Waals surface area contributed by atoms with Gasteiger partial charge in [-0.1, -0.05) is 94.6 Å². The van der Waals surface area contributed by atoms with Crippen LogP contribution in [0.5, 0.6) is 0 Å². The first kappa shape index (κ1) is 55.5. The molecule has 2 unspecified atom stereocenters. The summed E-state index contributed by atoms with van der Waals surface area (Å²) in [6.45, 7) is 5.09. The van der Waals surface area contributed by atoms with Gasteiger partial charge in [0.15, 0.2) is 0 Å². The Morgan fingerprint density at radius 2 is 0.987 bits per heavy atom. The van der Waals surface area contributed by atoms with Crippen molar-refractivity contribution >= 4 is 117 Å². The van der Waals surface area contributed by atoms with Crippen molar-refractivity contribution in [3.8, 4) is 22.3 Å². The maximum atomic E-state index is 13.3. The van der Waals surface area contributed by atoms with Crippen LogP contribution in [0.1, 0.15) is 75.3 Å². The van der Waals surface area contributed by atoms with Crippen LogP contribution >= 0.6 is 58.2 Å². The van der Waals surface area contributed by atoms with Crippen LogP contribution in [-0.4, -0.2) is 121 Å². The summed E-state index contributed by atoms with van der Waals surface area (Å²) in [6.07, 6.45) is 12.4. The molecule has 0 aliphatic carbocycles. The van der Waals surface area contributed by atoms with Gasteiger partial charge in [-0.2, -0.15) is 0 Å². The van der Waals surface area contributed by atoms with Crippen molar-refractivity contribution in [3.63, 3.8) is 0 Å². The van der Waals surface area contributed by atoms with Crippen molar-refractivity contribution in [3.05, 3.63) is 104 Å². The first-order valence-corrected chi connectivity index (χ1v) is 27.8. The molecule has 0 saturated carbocycles. The van der Waals surface area contributed by atoms with E-state index >= 15 is 0 Å². The zero-order valence-corrected chi connectivity index (χ0v) is 45.3. The maximum absolute atomic E-state index is 13.3. The Hall–Kier alpha value is -5.71. The number of carboxylic acid groups (broad SMARTS) is 2. The number of carbonyl (C=O) groups is 6. The molecular weight excluding hydrogens is 1060 g/mol. The topological polar surface area (TPSA) is 180 Å². The average molecular weight is 1120 g/mol. The van der Waals surface area contributed by atoms with Crippen LogP contribution in [-0.2, 0) is 28.8 Å². The number of amides is 4. The van der Waals surface area contributed by atoms with E-state index in [9.17, 15) is 39.0 Å². The summed E-state index contributed by atoms with van der Waals surface area (Å²) in [5, 5.41) is 26.5. The summed E-state index contributed by atoms with van der Waals surface area (Å²) in [6, 6.07) is 19.0. The van der Waals surface area contributed by atoms with E-state index < -0.39 is 23.8 Å². The van der Waals surface area contributed by atoms with E-state index in [0.29, 0.717) is 136 Å². The van der Waals surface area contributed by atoms with Crippen molar-refractivity contribution in [2.45, 2.75) is 74.0 Å². The lowest BCUT2D eigenvalue weighted by Crippen LogP contribution is -2.38. The maximum Gasteiger partial charge on any atom is 0.308 e. The minimum atomic E-state index is -0.863. The van der Waals surface area contributed by atoms with Crippen LogP contribution in [0.25, 0.3) is 34.4 Å². The molecule has 0 spiro atoms. The Kier molecular flexibility index (Phi) is 19.2. The smallest absolute Gasteiger partial charge is 0.308 e. The van der Waals surface area contributed by atoms with Gasteiger partial charge < -0.3 is 40.4 Å². The predicted octanol–water partition coefficient (Wildman–Crippen LogP) is 10.7. The molecule has 0 bridgehead atoms. The van der Waals surface area contributed by atoms with E-state index in [-0.39, 0.29) is 43.7 Å². The van der Waals surface area contributed by atoms with Crippen LogP contribution < -0.4 is 20.4 Å². The number of para-hydroxylation sites is 2. The van der Waals surface area contributed by atoms with Crippen LogP contribution in [0.15, 0.2) is 82.6 Å². The number of hydrogen-bond donors (Lipinski definition) is 4. The van der Waals surface area contributed by atoms with Gasteiger partial charge in [0.1, 0.15) is 0 Å². The highest BCUT2D eigenvalue weighted by Crippen LogP contribution is 2.51. The fourth-order valence-corrected chi connectivity index (χ4v) is 12.5. The van der Waals surface area contributed by atoms with Crippen molar-refractivity contribution in [2.24, 2.45) is 11.8 Å². The zero-order chi connectivity index (χ0) is 53.2. The molecule has 4 N–H and O–H groups in total. The van der Waals surface area contributed by atoms with Gasteiger partial charge in [0, 0.05) is 134 Å². The second-order valence-corrected chi connectivity index (χ2v) is 21.8. The predicted molar refractivity (Wildman–Crippen MR) is 298 cm³/mol. The summed E-state index contributed by atoms with van der Waals surface area (Å²) in [5.41, 5.74) is 5.12. The number of nitrogens with one attached hydrogen (secondary N) is 2. The van der Waals surface area contributed by atoms with E-state index in [4.69, 9.17) is 46.4 Å². The third-order valence-corrected chi connectivity index (χ3v) is 17.3. The number of likely N-dealkylation sites (tertiary alicyclic amines) is 2. The largest absolute Gasteiger partial charge is 0.481 e. The lowest BCUT2D eigenvalue weighted by Gasteiger charge is -2.34. The minimum Gasteiger partial charge on any atom is -0.481 e. The van der Waals surface area contributed by atoms with Crippen LogP contribution in [0.3, 0.4) is 0 Å². The molecule has 75 heavy (non-hydrogen) atoms. The fraction of sp³-hybridized carbons (Fsp3) is 0.393. The van der Waals surface area contributed by atoms with Gasteiger partial charge in [-0.05, 0) is 98.9 Å². The van der Waals surface area contributed by atoms with E-state index in [1.165, 1.54) is 23.9 Å². The first-order valence-electron chi connectivity index (χ1n) is 25.5. The summed E-state index contributed by atoms with van der Waals surface area (Å²) < 4.78 is 0. The molecule has 0 aromatic heterocycles. The van der Waals surface area contributed by atoms with Crippen LogP contribution in [0.4, 0.5) is 11.4 Å². The number of anilines is 2. The summed E-state index contributed by atoms with van der Waals surface area (Å²) in [7, 11) is 0. The Labute approximate surface area is 461 Å². The van der Waals surface area contributed by atoms with Gasteiger partial charge in [0.05, 0.1) is 31.9 Å². The molecule has 8 rings (SSSR count). The van der Waals surface area contributed by atoms with Gasteiger partial charge in [-0.25, -0.2) is 0 Å². The van der Waals surface area contributed by atoms with Gasteiger partial charge in [0.2, 0.25) is 23.6 Å². The molecule has 4 amide bonds. The monoisotopic (exact) mass is 1120 g/mol. The van der Waals surface area contributed by atoms with E-state index in [1.54, 1.807) is 22.0 Å². The molecule has 4 aromatic carbocycles. The number of carboxylic acids is 2. The summed E-state index contributed by atoms with van der Waals surface area (Å²) in [4.78, 5) is 84.1. The molecule has 4 heterocycles. The third-order valence-electron chi connectivity index (χ3n) is 14.2. The zero-order valence-electron chi connectivity index (χ0n) is 41.4. The number of rotatable bonds is 20. The number of halogens is 4. The number of nitrogens with zero attached hydrogens (tertiary/aromatic N) is 4. The van der Waals surface area contributed by atoms with Crippen LogP contribution in [0, 0.1) is 11.8 Å². The van der Waals surface area contributed by atoms with Gasteiger partial charge in [0.25, 0.3) is 0 Å². The van der Waals surface area contributed by atoms with Gasteiger partial charge >= 0.3 is 11.9 Å². The molecule has 4 saturated heterocycles. The molecule has 19 heteroatoms. The van der Waals surface area contributed by atoms with Gasteiger partial charge in [-0.3, -0.25) is 28.8 Å². The normalized spacial score (nSPS) is 18.2. The SMILES string of the molecule is O=C(/C=C/c1c(-c2ccccc2N2CCCC(C(=O)O)C2)cc(Sc2cc(-c3ccccc3N3CCCC(C(=O)O)C3)c(/C=C/C(=O)NCCCN3CCCC3=O)c(Cl)c2Cl)c(Cl)c1Cl)NCCCN1CCCC1=O. The Morgan fingerprint density at radius 3 is 1.37 bits per heavy atom. The van der Waals surface area contributed by atoms with Crippen LogP contribution in [0.2, 0.25) is 20.1 Å². The Balaban J connectivity index is 1.17. The molecule has 0 radical (unpaired) electrons. The van der Waals surface area contributed by atoms with Crippen molar-refractivity contribution in [1.82, 2.24) is 20.4 Å². The van der Waals surface area contributed by atoms with Gasteiger partial charge in [-0.15, -0.1) is 0 Å². The molecular formula is C56H60Cl4N6O8S. The lowest BCUT2D eigenvalue weighted by molar-refractivity contribution is -0.142. The molecule has 2 atom stereocenters. The van der Waals surface area contributed by atoms with E-state index in [0.717, 1.165) is 48.4 Å².